The van der Waals surface area contributed by atoms with Gasteiger partial charge >= 0.3 is 0 Å². The van der Waals surface area contributed by atoms with Crippen LogP contribution in [-0.2, 0) is 17.1 Å². The molecule has 0 amide bonds. The van der Waals surface area contributed by atoms with Crippen molar-refractivity contribution < 1.29 is 17.9 Å². The molecule has 0 spiro atoms. The van der Waals surface area contributed by atoms with Crippen molar-refractivity contribution in [1.82, 2.24) is 14.3 Å². The third-order valence-electron chi connectivity index (χ3n) is 2.46. The summed E-state index contributed by atoms with van der Waals surface area (Å²) in [5, 5.41) is 8.94. The van der Waals surface area contributed by atoms with Crippen LogP contribution in [0.5, 0.6) is 0 Å². The second-order valence-corrected chi connectivity index (χ2v) is 5.81. The smallest absolute Gasteiger partial charge is 0.261 e. The lowest BCUT2D eigenvalue weighted by molar-refractivity contribution is 0.241. The van der Waals surface area contributed by atoms with Crippen LogP contribution in [-0.4, -0.2) is 29.7 Å². The molecule has 0 aromatic carbocycles. The van der Waals surface area contributed by atoms with E-state index in [4.69, 9.17) is 16.0 Å². The Morgan fingerprint density at radius 1 is 1.63 bits per heavy atom. The molecular formula is C10H12ClN3O4S. The molecular weight excluding hydrogens is 294 g/mol. The van der Waals surface area contributed by atoms with Crippen LogP contribution in [0.1, 0.15) is 11.8 Å². The monoisotopic (exact) mass is 305 g/mol. The van der Waals surface area contributed by atoms with Gasteiger partial charge in [-0.05, 0) is 12.1 Å². The molecule has 2 rings (SSSR count). The van der Waals surface area contributed by atoms with Crippen molar-refractivity contribution in [2.45, 2.75) is 11.1 Å². The molecule has 104 valence electrons. The molecule has 2 N–H and O–H groups in total. The number of hydrogen-bond donors (Lipinski definition) is 2. The number of imidazole rings is 1. The summed E-state index contributed by atoms with van der Waals surface area (Å²) < 4.78 is 32.9. The lowest BCUT2D eigenvalue weighted by atomic mass is 10.2. The van der Waals surface area contributed by atoms with Gasteiger partial charge < -0.3 is 14.1 Å². The molecule has 0 fully saturated rings. The van der Waals surface area contributed by atoms with Crippen molar-refractivity contribution in [2.24, 2.45) is 7.05 Å². The van der Waals surface area contributed by atoms with E-state index in [1.807, 2.05) is 0 Å². The minimum atomic E-state index is -3.94. The van der Waals surface area contributed by atoms with E-state index in [1.165, 1.54) is 17.2 Å². The van der Waals surface area contributed by atoms with E-state index >= 15 is 0 Å². The van der Waals surface area contributed by atoms with Crippen molar-refractivity contribution in [1.29, 1.82) is 0 Å². The second-order valence-electron chi connectivity index (χ2n) is 3.82. The van der Waals surface area contributed by atoms with Crippen molar-refractivity contribution >= 4 is 21.6 Å². The van der Waals surface area contributed by atoms with Gasteiger partial charge in [0.15, 0.2) is 0 Å². The van der Waals surface area contributed by atoms with Crippen LogP contribution in [0.4, 0.5) is 0 Å². The highest BCUT2D eigenvalue weighted by molar-refractivity contribution is 7.89. The van der Waals surface area contributed by atoms with Crippen molar-refractivity contribution in [3.05, 3.63) is 35.6 Å². The Hall–Kier alpha value is -1.35. The van der Waals surface area contributed by atoms with Gasteiger partial charge in [0, 0.05) is 7.05 Å². The van der Waals surface area contributed by atoms with Crippen LogP contribution >= 0.6 is 11.6 Å². The van der Waals surface area contributed by atoms with Gasteiger partial charge in [-0.2, -0.15) is 4.72 Å². The average molecular weight is 306 g/mol. The first-order valence-corrected chi connectivity index (χ1v) is 7.15. The Bertz CT molecular complexity index is 650. The number of aromatic nitrogens is 2. The van der Waals surface area contributed by atoms with Gasteiger partial charge in [0.25, 0.3) is 10.0 Å². The molecule has 9 heteroatoms. The summed E-state index contributed by atoms with van der Waals surface area (Å²) in [6.45, 7) is -0.447. The van der Waals surface area contributed by atoms with Crippen LogP contribution in [0, 0.1) is 0 Å². The number of aryl methyl sites for hydroxylation is 1. The van der Waals surface area contributed by atoms with Crippen LogP contribution in [0.25, 0.3) is 0 Å². The molecule has 0 saturated heterocycles. The summed E-state index contributed by atoms with van der Waals surface area (Å²) in [5.41, 5.74) is 0. The maximum absolute atomic E-state index is 12.1. The Balaban J connectivity index is 2.28. The predicted molar refractivity (Wildman–Crippen MR) is 67.1 cm³/mol. The third-order valence-corrected chi connectivity index (χ3v) is 4.42. The summed E-state index contributed by atoms with van der Waals surface area (Å²) in [6.07, 6.45) is 2.68. The molecule has 2 aromatic heterocycles. The zero-order valence-corrected chi connectivity index (χ0v) is 11.5. The minimum absolute atomic E-state index is 0.0105. The van der Waals surface area contributed by atoms with Gasteiger partial charge in [-0.25, -0.2) is 13.4 Å². The molecule has 2 heterocycles. The van der Waals surface area contributed by atoms with Crippen LogP contribution in [0.2, 0.25) is 5.15 Å². The van der Waals surface area contributed by atoms with Gasteiger partial charge in [-0.1, -0.05) is 11.6 Å². The maximum Gasteiger partial charge on any atom is 0.261 e. The molecule has 2 aromatic rings. The predicted octanol–water partition coefficient (Wildman–Crippen LogP) is 0.678. The van der Waals surface area contributed by atoms with Crippen LogP contribution < -0.4 is 4.72 Å². The number of aliphatic hydroxyl groups excluding tert-OH is 1. The number of nitrogens with zero attached hydrogens (tertiary/aromatic N) is 2. The molecule has 19 heavy (non-hydrogen) atoms. The molecule has 0 aliphatic carbocycles. The van der Waals surface area contributed by atoms with Gasteiger partial charge in [0.1, 0.15) is 17.0 Å². The Kier molecular flexibility index (Phi) is 3.95. The summed E-state index contributed by atoms with van der Waals surface area (Å²) in [6, 6.07) is 2.27. The topological polar surface area (TPSA) is 97.4 Å². The number of nitrogens with one attached hydrogen (secondary N) is 1. The highest BCUT2D eigenvalue weighted by Crippen LogP contribution is 2.21. The zero-order valence-electron chi connectivity index (χ0n) is 9.95. The highest BCUT2D eigenvalue weighted by Gasteiger charge is 2.27. The molecule has 0 saturated carbocycles. The molecule has 7 nitrogen and oxygen atoms in total. The number of furan rings is 1. The molecule has 0 bridgehead atoms. The van der Waals surface area contributed by atoms with Crippen LogP contribution in [0.3, 0.4) is 0 Å². The normalized spacial score (nSPS) is 13.6. The van der Waals surface area contributed by atoms with E-state index in [-0.39, 0.29) is 10.2 Å². The molecule has 0 aliphatic rings. The number of sulfonamides is 1. The molecule has 1 atom stereocenters. The fraction of sp³-hybridized carbons (Fsp3) is 0.300. The fourth-order valence-electron chi connectivity index (χ4n) is 1.49. The lowest BCUT2D eigenvalue weighted by Crippen LogP contribution is -2.31. The Labute approximate surface area is 114 Å². The number of halogens is 1. The number of hydrogen-bond acceptors (Lipinski definition) is 5. The van der Waals surface area contributed by atoms with Crippen molar-refractivity contribution in [2.75, 3.05) is 6.61 Å². The van der Waals surface area contributed by atoms with Gasteiger partial charge in [0.05, 0.1) is 19.2 Å². The molecule has 0 aliphatic heterocycles. The third kappa shape index (κ3) is 2.81. The van der Waals surface area contributed by atoms with Gasteiger partial charge in [-0.3, -0.25) is 0 Å². The van der Waals surface area contributed by atoms with Crippen LogP contribution in [0.15, 0.2) is 34.2 Å². The summed E-state index contributed by atoms with van der Waals surface area (Å²) in [4.78, 5) is 3.72. The number of rotatable bonds is 5. The minimum Gasteiger partial charge on any atom is -0.468 e. The largest absolute Gasteiger partial charge is 0.468 e. The van der Waals surface area contributed by atoms with Crippen molar-refractivity contribution in [3.63, 3.8) is 0 Å². The highest BCUT2D eigenvalue weighted by atomic mass is 35.5. The standard InChI is InChI=1S/C10H12ClN3O4S/c1-14-6-12-10(9(14)11)19(16,17)13-7(5-15)8-3-2-4-18-8/h2-4,6-7,13,15H,5H2,1H3. The fourth-order valence-corrected chi connectivity index (χ4v) is 3.12. The maximum atomic E-state index is 12.1. The van der Waals surface area contributed by atoms with Gasteiger partial charge in [0.2, 0.25) is 5.03 Å². The Morgan fingerprint density at radius 2 is 2.37 bits per heavy atom. The summed E-state index contributed by atoms with van der Waals surface area (Å²) in [5.74, 6) is 0.304. The molecule has 1 unspecified atom stereocenters. The van der Waals surface area contributed by atoms with Gasteiger partial charge in [-0.15, -0.1) is 0 Å². The first-order valence-electron chi connectivity index (χ1n) is 5.29. The Morgan fingerprint density at radius 3 is 2.84 bits per heavy atom. The first kappa shape index (κ1) is 14.1. The summed E-state index contributed by atoms with van der Waals surface area (Å²) >= 11 is 5.84. The van der Waals surface area contributed by atoms with E-state index in [0.717, 1.165) is 0 Å². The van der Waals surface area contributed by atoms with Crippen molar-refractivity contribution in [3.8, 4) is 0 Å². The zero-order chi connectivity index (χ0) is 14.0. The van der Waals surface area contributed by atoms with E-state index in [0.29, 0.717) is 5.76 Å². The summed E-state index contributed by atoms with van der Waals surface area (Å²) in [7, 11) is -2.37. The second kappa shape index (κ2) is 5.33. The number of aliphatic hydroxyl groups is 1. The molecule has 0 radical (unpaired) electrons. The van der Waals surface area contributed by atoms with E-state index < -0.39 is 22.7 Å². The quantitative estimate of drug-likeness (QED) is 0.846. The van der Waals surface area contributed by atoms with E-state index in [1.54, 1.807) is 19.2 Å². The van der Waals surface area contributed by atoms with E-state index in [9.17, 15) is 13.5 Å². The first-order chi connectivity index (χ1) is 8.95. The SMILES string of the molecule is Cn1cnc(S(=O)(=O)NC(CO)c2ccco2)c1Cl. The van der Waals surface area contributed by atoms with E-state index in [2.05, 4.69) is 9.71 Å². The lowest BCUT2D eigenvalue weighted by Gasteiger charge is -2.13. The average Bonchev–Trinajstić information content (AvgIpc) is 2.98.